The van der Waals surface area contributed by atoms with Gasteiger partial charge in [-0.05, 0) is 5.92 Å². The second kappa shape index (κ2) is 7.40. The van der Waals surface area contributed by atoms with E-state index in [9.17, 15) is 9.59 Å². The number of aromatic nitrogens is 2. The quantitative estimate of drug-likeness (QED) is 0.677. The number of urea groups is 1. The zero-order valence-electron chi connectivity index (χ0n) is 11.2. The lowest BCUT2D eigenvalue weighted by Crippen LogP contribution is -2.49. The second-order valence-electron chi connectivity index (χ2n) is 4.40. The fourth-order valence-electron chi connectivity index (χ4n) is 1.59. The third-order valence-electron chi connectivity index (χ3n) is 2.98. The van der Waals surface area contributed by atoms with Gasteiger partial charge in [-0.2, -0.15) is 0 Å². The van der Waals surface area contributed by atoms with Gasteiger partial charge < -0.3 is 20.3 Å². The fourth-order valence-corrected chi connectivity index (χ4v) is 1.59. The van der Waals surface area contributed by atoms with Gasteiger partial charge in [0.1, 0.15) is 6.04 Å². The fraction of sp³-hybridized carbons (Fsp3) is 0.583. The zero-order valence-corrected chi connectivity index (χ0v) is 11.2. The molecule has 1 aromatic rings. The van der Waals surface area contributed by atoms with E-state index in [2.05, 4.69) is 15.6 Å². The highest BCUT2D eigenvalue weighted by Crippen LogP contribution is 2.07. The summed E-state index contributed by atoms with van der Waals surface area (Å²) in [5.41, 5.74) is 0. The van der Waals surface area contributed by atoms with Crippen molar-refractivity contribution in [3.05, 3.63) is 18.7 Å². The number of carboxylic acids is 1. The summed E-state index contributed by atoms with van der Waals surface area (Å²) in [4.78, 5) is 26.5. The first-order valence-corrected chi connectivity index (χ1v) is 6.27. The predicted octanol–water partition coefficient (Wildman–Crippen LogP) is 0.682. The number of hydrogen-bond donors (Lipinski definition) is 3. The normalized spacial score (nSPS) is 13.6. The third kappa shape index (κ3) is 4.99. The van der Waals surface area contributed by atoms with Crippen LogP contribution in [0.2, 0.25) is 0 Å². The van der Waals surface area contributed by atoms with Gasteiger partial charge in [0.2, 0.25) is 0 Å². The molecule has 0 aliphatic carbocycles. The van der Waals surface area contributed by atoms with Crippen LogP contribution in [0.25, 0.3) is 0 Å². The van der Waals surface area contributed by atoms with Crippen LogP contribution in [0.1, 0.15) is 20.3 Å². The van der Waals surface area contributed by atoms with Gasteiger partial charge >= 0.3 is 12.0 Å². The Morgan fingerprint density at radius 2 is 2.21 bits per heavy atom. The molecule has 106 valence electrons. The molecule has 0 spiro atoms. The van der Waals surface area contributed by atoms with E-state index in [1.165, 1.54) is 0 Å². The SMILES string of the molecule is CCC(C)[C@H](NC(=O)NCCn1ccnc1)C(=O)O. The standard InChI is InChI=1S/C12H20N4O3/c1-3-9(2)10(11(17)18)15-12(19)14-5-7-16-6-4-13-8-16/h4,6,8-10H,3,5,7H2,1-2H3,(H,17,18)(H2,14,15,19)/t9?,10-/m0/s1. The molecule has 0 saturated carbocycles. The number of nitrogens with one attached hydrogen (secondary N) is 2. The van der Waals surface area contributed by atoms with Crippen LogP contribution in [0.15, 0.2) is 18.7 Å². The first-order chi connectivity index (χ1) is 9.04. The molecule has 7 nitrogen and oxygen atoms in total. The second-order valence-corrected chi connectivity index (χ2v) is 4.40. The van der Waals surface area contributed by atoms with Crippen molar-refractivity contribution in [2.75, 3.05) is 6.54 Å². The molecule has 1 heterocycles. The van der Waals surface area contributed by atoms with Gasteiger partial charge in [-0.25, -0.2) is 14.6 Å². The van der Waals surface area contributed by atoms with Crippen molar-refractivity contribution in [1.82, 2.24) is 20.2 Å². The van der Waals surface area contributed by atoms with Gasteiger partial charge in [0.15, 0.2) is 0 Å². The van der Waals surface area contributed by atoms with E-state index in [0.717, 1.165) is 0 Å². The van der Waals surface area contributed by atoms with Gasteiger partial charge in [0, 0.05) is 25.5 Å². The van der Waals surface area contributed by atoms with Crippen LogP contribution in [-0.2, 0) is 11.3 Å². The Balaban J connectivity index is 2.34. The topological polar surface area (TPSA) is 96.3 Å². The van der Waals surface area contributed by atoms with Crippen molar-refractivity contribution in [2.24, 2.45) is 5.92 Å². The van der Waals surface area contributed by atoms with Gasteiger partial charge in [-0.3, -0.25) is 0 Å². The Morgan fingerprint density at radius 1 is 1.47 bits per heavy atom. The molecular formula is C12H20N4O3. The summed E-state index contributed by atoms with van der Waals surface area (Å²) in [5.74, 6) is -1.13. The van der Waals surface area contributed by atoms with Crippen molar-refractivity contribution in [1.29, 1.82) is 0 Å². The molecule has 1 rings (SSSR count). The minimum atomic E-state index is -1.01. The van der Waals surface area contributed by atoms with Crippen LogP contribution >= 0.6 is 0 Å². The molecule has 0 aliphatic heterocycles. The van der Waals surface area contributed by atoms with E-state index in [1.807, 2.05) is 11.5 Å². The van der Waals surface area contributed by atoms with Crippen LogP contribution in [0.4, 0.5) is 4.79 Å². The number of imidazole rings is 1. The van der Waals surface area contributed by atoms with E-state index in [1.54, 1.807) is 25.6 Å². The maximum atomic E-state index is 11.6. The van der Waals surface area contributed by atoms with Crippen molar-refractivity contribution in [2.45, 2.75) is 32.9 Å². The maximum Gasteiger partial charge on any atom is 0.326 e. The summed E-state index contributed by atoms with van der Waals surface area (Å²) in [7, 11) is 0. The first-order valence-electron chi connectivity index (χ1n) is 6.27. The first kappa shape index (κ1) is 15.0. The van der Waals surface area contributed by atoms with Crippen molar-refractivity contribution < 1.29 is 14.7 Å². The molecule has 19 heavy (non-hydrogen) atoms. The average molecular weight is 268 g/mol. The van der Waals surface area contributed by atoms with Gasteiger partial charge in [-0.1, -0.05) is 20.3 Å². The lowest BCUT2D eigenvalue weighted by atomic mass is 9.99. The summed E-state index contributed by atoms with van der Waals surface area (Å²) in [5, 5.41) is 14.1. The number of nitrogens with zero attached hydrogens (tertiary/aromatic N) is 2. The molecule has 1 unspecified atom stereocenters. The van der Waals surface area contributed by atoms with Crippen LogP contribution in [0.3, 0.4) is 0 Å². The summed E-state index contributed by atoms with van der Waals surface area (Å²) in [6.07, 6.45) is 5.79. The van der Waals surface area contributed by atoms with Crippen LogP contribution in [0.5, 0.6) is 0 Å². The molecule has 0 radical (unpaired) electrons. The van der Waals surface area contributed by atoms with Crippen LogP contribution in [-0.4, -0.2) is 39.2 Å². The number of carboxylic acid groups (broad SMARTS) is 1. The average Bonchev–Trinajstić information content (AvgIpc) is 2.87. The Kier molecular flexibility index (Phi) is 5.84. The molecule has 1 aromatic heterocycles. The smallest absolute Gasteiger partial charge is 0.326 e. The van der Waals surface area contributed by atoms with E-state index in [-0.39, 0.29) is 5.92 Å². The summed E-state index contributed by atoms with van der Waals surface area (Å²) in [6, 6.07) is -1.33. The Hall–Kier alpha value is -2.05. The highest BCUT2D eigenvalue weighted by molar-refractivity contribution is 5.82. The molecule has 0 aromatic carbocycles. The number of aliphatic carboxylic acids is 1. The number of carbonyl (C=O) groups is 2. The molecule has 0 aliphatic rings. The molecule has 0 saturated heterocycles. The highest BCUT2D eigenvalue weighted by Gasteiger charge is 2.24. The third-order valence-corrected chi connectivity index (χ3v) is 2.98. The van der Waals surface area contributed by atoms with E-state index in [0.29, 0.717) is 19.5 Å². The predicted molar refractivity (Wildman–Crippen MR) is 69.6 cm³/mol. The summed E-state index contributed by atoms with van der Waals surface area (Å²) >= 11 is 0. The van der Waals surface area contributed by atoms with E-state index < -0.39 is 18.0 Å². The highest BCUT2D eigenvalue weighted by atomic mass is 16.4. The monoisotopic (exact) mass is 268 g/mol. The maximum absolute atomic E-state index is 11.6. The van der Waals surface area contributed by atoms with Crippen LogP contribution in [0, 0.1) is 5.92 Å². The Labute approximate surface area is 112 Å². The van der Waals surface area contributed by atoms with Crippen molar-refractivity contribution >= 4 is 12.0 Å². The molecule has 0 bridgehead atoms. The Bertz CT molecular complexity index is 405. The molecule has 7 heteroatoms. The molecular weight excluding hydrogens is 248 g/mol. The molecule has 2 amide bonds. The zero-order chi connectivity index (χ0) is 14.3. The number of amides is 2. The van der Waals surface area contributed by atoms with E-state index in [4.69, 9.17) is 5.11 Å². The van der Waals surface area contributed by atoms with Gasteiger partial charge in [0.05, 0.1) is 6.33 Å². The number of hydrogen-bond acceptors (Lipinski definition) is 3. The minimum Gasteiger partial charge on any atom is -0.480 e. The largest absolute Gasteiger partial charge is 0.480 e. The number of carbonyl (C=O) groups excluding carboxylic acids is 1. The number of rotatable bonds is 7. The lowest BCUT2D eigenvalue weighted by molar-refractivity contribution is -0.140. The molecule has 3 N–H and O–H groups in total. The van der Waals surface area contributed by atoms with Gasteiger partial charge in [-0.15, -0.1) is 0 Å². The van der Waals surface area contributed by atoms with Gasteiger partial charge in [0.25, 0.3) is 0 Å². The lowest BCUT2D eigenvalue weighted by Gasteiger charge is -2.20. The Morgan fingerprint density at radius 3 is 2.74 bits per heavy atom. The molecule has 0 fully saturated rings. The molecule has 2 atom stereocenters. The summed E-state index contributed by atoms with van der Waals surface area (Å²) < 4.78 is 1.82. The van der Waals surface area contributed by atoms with Crippen molar-refractivity contribution in [3.8, 4) is 0 Å². The van der Waals surface area contributed by atoms with E-state index >= 15 is 0 Å². The van der Waals surface area contributed by atoms with Crippen molar-refractivity contribution in [3.63, 3.8) is 0 Å². The summed E-state index contributed by atoms with van der Waals surface area (Å²) in [6.45, 7) is 4.69. The minimum absolute atomic E-state index is 0.114. The van der Waals surface area contributed by atoms with Crippen LogP contribution < -0.4 is 10.6 Å².